The summed E-state index contributed by atoms with van der Waals surface area (Å²) in [4.78, 5) is 0. The van der Waals surface area contributed by atoms with E-state index in [0.29, 0.717) is 23.4 Å². The number of benzene rings is 1. The molecular formula is C12H16BrFO2. The molecule has 1 aromatic rings. The fraction of sp³-hybridized carbons (Fsp3) is 0.500. The first-order valence-corrected chi connectivity index (χ1v) is 5.89. The second-order valence-corrected chi connectivity index (χ2v) is 5.24. The van der Waals surface area contributed by atoms with Crippen molar-refractivity contribution < 1.29 is 13.9 Å². The predicted octanol–water partition coefficient (Wildman–Crippen LogP) is 3.78. The van der Waals surface area contributed by atoms with Gasteiger partial charge in [0.2, 0.25) is 0 Å². The molecule has 0 N–H and O–H groups in total. The molecule has 0 aliphatic heterocycles. The third-order valence-corrected chi connectivity index (χ3v) is 2.39. The Bertz CT molecular complexity index is 347. The molecule has 2 nitrogen and oxygen atoms in total. The van der Waals surface area contributed by atoms with Crippen molar-refractivity contribution in [1.82, 2.24) is 0 Å². The molecular weight excluding hydrogens is 275 g/mol. The Morgan fingerprint density at radius 1 is 1.25 bits per heavy atom. The van der Waals surface area contributed by atoms with Crippen LogP contribution in [0, 0.1) is 5.82 Å². The van der Waals surface area contributed by atoms with Crippen LogP contribution in [0.4, 0.5) is 4.39 Å². The molecule has 0 radical (unpaired) electrons. The molecule has 0 spiro atoms. The molecule has 90 valence electrons. The Balaban J connectivity index is 2.38. The highest BCUT2D eigenvalue weighted by Gasteiger charge is 2.09. The quantitative estimate of drug-likeness (QED) is 0.786. The van der Waals surface area contributed by atoms with Gasteiger partial charge in [0, 0.05) is 0 Å². The summed E-state index contributed by atoms with van der Waals surface area (Å²) in [6, 6.07) is 4.33. The van der Waals surface area contributed by atoms with Crippen molar-refractivity contribution in [3.05, 3.63) is 28.5 Å². The second-order valence-electron chi connectivity index (χ2n) is 4.38. The molecule has 1 aromatic carbocycles. The summed E-state index contributed by atoms with van der Waals surface area (Å²) < 4.78 is 24.3. The minimum atomic E-state index is -0.287. The zero-order valence-electron chi connectivity index (χ0n) is 9.72. The van der Waals surface area contributed by atoms with Crippen LogP contribution in [-0.2, 0) is 4.74 Å². The van der Waals surface area contributed by atoms with Crippen LogP contribution < -0.4 is 4.74 Å². The van der Waals surface area contributed by atoms with Crippen molar-refractivity contribution in [2.45, 2.75) is 26.4 Å². The highest BCUT2D eigenvalue weighted by atomic mass is 79.9. The highest BCUT2D eigenvalue weighted by molar-refractivity contribution is 9.10. The zero-order chi connectivity index (χ0) is 12.2. The van der Waals surface area contributed by atoms with Crippen molar-refractivity contribution in [3.8, 4) is 5.75 Å². The van der Waals surface area contributed by atoms with Gasteiger partial charge in [0.05, 0.1) is 16.7 Å². The standard InChI is InChI=1S/C12H16BrFO2/c1-12(2,3)16-7-6-15-11-5-4-9(14)8-10(11)13/h4-5,8H,6-7H2,1-3H3. The van der Waals surface area contributed by atoms with Gasteiger partial charge in [-0.1, -0.05) is 0 Å². The van der Waals surface area contributed by atoms with Crippen molar-refractivity contribution in [1.29, 1.82) is 0 Å². The van der Waals surface area contributed by atoms with E-state index < -0.39 is 0 Å². The van der Waals surface area contributed by atoms with Gasteiger partial charge in [-0.25, -0.2) is 4.39 Å². The lowest BCUT2D eigenvalue weighted by Gasteiger charge is -2.19. The van der Waals surface area contributed by atoms with Gasteiger partial charge in [-0.2, -0.15) is 0 Å². The predicted molar refractivity (Wildman–Crippen MR) is 65.3 cm³/mol. The Morgan fingerprint density at radius 2 is 1.94 bits per heavy atom. The van der Waals surface area contributed by atoms with Gasteiger partial charge in [-0.05, 0) is 54.9 Å². The molecule has 0 bridgehead atoms. The number of rotatable bonds is 4. The van der Waals surface area contributed by atoms with Crippen LogP contribution in [0.3, 0.4) is 0 Å². The Hall–Kier alpha value is -0.610. The molecule has 0 amide bonds. The van der Waals surface area contributed by atoms with Gasteiger partial charge in [0.15, 0.2) is 0 Å². The molecule has 0 aliphatic rings. The lowest BCUT2D eigenvalue weighted by Crippen LogP contribution is -2.22. The van der Waals surface area contributed by atoms with Crippen LogP contribution >= 0.6 is 15.9 Å². The monoisotopic (exact) mass is 290 g/mol. The lowest BCUT2D eigenvalue weighted by atomic mass is 10.2. The molecule has 16 heavy (non-hydrogen) atoms. The van der Waals surface area contributed by atoms with Crippen LogP contribution in [0.2, 0.25) is 0 Å². The van der Waals surface area contributed by atoms with Crippen molar-refractivity contribution in [2.75, 3.05) is 13.2 Å². The van der Waals surface area contributed by atoms with Crippen LogP contribution in [0.15, 0.2) is 22.7 Å². The molecule has 0 saturated carbocycles. The zero-order valence-corrected chi connectivity index (χ0v) is 11.3. The molecule has 0 atom stereocenters. The van der Waals surface area contributed by atoms with E-state index in [1.165, 1.54) is 12.1 Å². The Morgan fingerprint density at radius 3 is 2.50 bits per heavy atom. The first-order chi connectivity index (χ1) is 7.38. The number of hydrogen-bond donors (Lipinski definition) is 0. The van der Waals surface area contributed by atoms with E-state index in [-0.39, 0.29) is 11.4 Å². The molecule has 4 heteroatoms. The second kappa shape index (κ2) is 5.64. The smallest absolute Gasteiger partial charge is 0.133 e. The average Bonchev–Trinajstić information content (AvgIpc) is 2.13. The third-order valence-electron chi connectivity index (χ3n) is 1.77. The summed E-state index contributed by atoms with van der Waals surface area (Å²) in [5.74, 6) is 0.337. The summed E-state index contributed by atoms with van der Waals surface area (Å²) >= 11 is 3.23. The fourth-order valence-corrected chi connectivity index (χ4v) is 1.56. The van der Waals surface area contributed by atoms with E-state index in [1.54, 1.807) is 6.07 Å². The van der Waals surface area contributed by atoms with E-state index >= 15 is 0 Å². The Kier molecular flexibility index (Phi) is 4.74. The molecule has 0 heterocycles. The van der Waals surface area contributed by atoms with Gasteiger partial charge in [-0.15, -0.1) is 0 Å². The maximum atomic E-state index is 12.8. The van der Waals surface area contributed by atoms with E-state index in [2.05, 4.69) is 15.9 Å². The number of ether oxygens (including phenoxy) is 2. The SMILES string of the molecule is CC(C)(C)OCCOc1ccc(F)cc1Br. The highest BCUT2D eigenvalue weighted by Crippen LogP contribution is 2.25. The summed E-state index contributed by atoms with van der Waals surface area (Å²) in [7, 11) is 0. The lowest BCUT2D eigenvalue weighted by molar-refractivity contribution is -0.0163. The van der Waals surface area contributed by atoms with Gasteiger partial charge in [-0.3, -0.25) is 0 Å². The molecule has 0 aliphatic carbocycles. The molecule has 0 saturated heterocycles. The molecule has 0 aromatic heterocycles. The summed E-state index contributed by atoms with van der Waals surface area (Å²) in [5.41, 5.74) is -0.163. The van der Waals surface area contributed by atoms with Crippen LogP contribution in [0.5, 0.6) is 5.75 Å². The largest absolute Gasteiger partial charge is 0.490 e. The first-order valence-electron chi connectivity index (χ1n) is 5.10. The molecule has 0 fully saturated rings. The van der Waals surface area contributed by atoms with Crippen molar-refractivity contribution in [2.24, 2.45) is 0 Å². The van der Waals surface area contributed by atoms with E-state index in [0.717, 1.165) is 0 Å². The summed E-state index contributed by atoms with van der Waals surface area (Å²) in [6.45, 7) is 6.91. The normalized spacial score (nSPS) is 11.6. The van der Waals surface area contributed by atoms with Crippen LogP contribution in [0.1, 0.15) is 20.8 Å². The fourth-order valence-electron chi connectivity index (χ4n) is 1.09. The first kappa shape index (κ1) is 13.5. The van der Waals surface area contributed by atoms with Crippen LogP contribution in [-0.4, -0.2) is 18.8 Å². The molecule has 1 rings (SSSR count). The van der Waals surface area contributed by atoms with Gasteiger partial charge < -0.3 is 9.47 Å². The van der Waals surface area contributed by atoms with E-state index in [9.17, 15) is 4.39 Å². The van der Waals surface area contributed by atoms with Gasteiger partial charge >= 0.3 is 0 Å². The maximum Gasteiger partial charge on any atom is 0.133 e. The maximum absolute atomic E-state index is 12.8. The van der Waals surface area contributed by atoms with Crippen LogP contribution in [0.25, 0.3) is 0 Å². The molecule has 0 unspecified atom stereocenters. The van der Waals surface area contributed by atoms with E-state index in [4.69, 9.17) is 9.47 Å². The topological polar surface area (TPSA) is 18.5 Å². The summed E-state index contributed by atoms with van der Waals surface area (Å²) in [6.07, 6.45) is 0. The van der Waals surface area contributed by atoms with Crippen molar-refractivity contribution >= 4 is 15.9 Å². The minimum Gasteiger partial charge on any atom is -0.490 e. The number of hydrogen-bond acceptors (Lipinski definition) is 2. The van der Waals surface area contributed by atoms with Gasteiger partial charge in [0.25, 0.3) is 0 Å². The average molecular weight is 291 g/mol. The van der Waals surface area contributed by atoms with Gasteiger partial charge in [0.1, 0.15) is 18.2 Å². The van der Waals surface area contributed by atoms with Crippen molar-refractivity contribution in [3.63, 3.8) is 0 Å². The summed E-state index contributed by atoms with van der Waals surface area (Å²) in [5, 5.41) is 0. The minimum absolute atomic E-state index is 0.163. The van der Waals surface area contributed by atoms with E-state index in [1.807, 2.05) is 20.8 Å². The third kappa shape index (κ3) is 4.94. The number of halogens is 2. The Labute approximate surface area is 104 Å².